The minimum atomic E-state index is -0.488. The Morgan fingerprint density at radius 1 is 1.24 bits per heavy atom. The molecule has 8 heteroatoms. The van der Waals surface area contributed by atoms with Gasteiger partial charge in [-0.3, -0.25) is 14.2 Å². The van der Waals surface area contributed by atoms with E-state index in [-0.39, 0.29) is 29.9 Å². The molecule has 25 heavy (non-hydrogen) atoms. The Balaban J connectivity index is 1.65. The van der Waals surface area contributed by atoms with Crippen LogP contribution in [0.4, 0.5) is 0 Å². The van der Waals surface area contributed by atoms with Crippen molar-refractivity contribution >= 4 is 5.91 Å². The van der Waals surface area contributed by atoms with Gasteiger partial charge in [-0.2, -0.15) is 0 Å². The Morgan fingerprint density at radius 3 is 2.72 bits per heavy atom. The molecule has 0 unspecified atom stereocenters. The molecule has 0 radical (unpaired) electrons. The molecule has 2 N–H and O–H groups in total. The highest BCUT2D eigenvalue weighted by Gasteiger charge is 2.34. The maximum absolute atomic E-state index is 12.4. The van der Waals surface area contributed by atoms with Gasteiger partial charge in [0.15, 0.2) is 0 Å². The zero-order chi connectivity index (χ0) is 17.8. The number of H-pyrrole nitrogens is 1. The van der Waals surface area contributed by atoms with Crippen molar-refractivity contribution in [2.75, 3.05) is 26.4 Å². The third-order valence-electron chi connectivity index (χ3n) is 5.22. The van der Waals surface area contributed by atoms with Crippen LogP contribution < -0.4 is 16.6 Å². The predicted octanol–water partition coefficient (Wildman–Crippen LogP) is -0.436. The van der Waals surface area contributed by atoms with Crippen molar-refractivity contribution in [2.45, 2.75) is 31.7 Å². The number of nitrogens with zero attached hydrogens (tertiary/aromatic N) is 1. The molecule has 0 bridgehead atoms. The Morgan fingerprint density at radius 2 is 1.96 bits per heavy atom. The number of aromatic nitrogens is 2. The van der Waals surface area contributed by atoms with E-state index in [0.29, 0.717) is 19.1 Å². The second kappa shape index (κ2) is 7.97. The van der Waals surface area contributed by atoms with Gasteiger partial charge >= 0.3 is 5.69 Å². The van der Waals surface area contributed by atoms with Gasteiger partial charge in [0, 0.05) is 50.6 Å². The first-order valence-electron chi connectivity index (χ1n) is 8.78. The van der Waals surface area contributed by atoms with Crippen molar-refractivity contribution in [1.82, 2.24) is 14.9 Å². The van der Waals surface area contributed by atoms with Gasteiger partial charge in [-0.15, -0.1) is 0 Å². The van der Waals surface area contributed by atoms with Gasteiger partial charge in [0.1, 0.15) is 0 Å². The average molecular weight is 351 g/mol. The molecule has 138 valence electrons. The topological polar surface area (TPSA) is 102 Å². The number of nitrogens with one attached hydrogen (secondary N) is 2. The van der Waals surface area contributed by atoms with E-state index in [1.807, 2.05) is 0 Å². The van der Waals surface area contributed by atoms with Gasteiger partial charge in [-0.25, -0.2) is 4.79 Å². The zero-order valence-electron chi connectivity index (χ0n) is 14.5. The van der Waals surface area contributed by atoms with E-state index >= 15 is 0 Å². The molecule has 0 saturated carbocycles. The van der Waals surface area contributed by atoms with Crippen LogP contribution in [0.15, 0.2) is 15.8 Å². The van der Waals surface area contributed by atoms with Crippen LogP contribution in [0.25, 0.3) is 0 Å². The summed E-state index contributed by atoms with van der Waals surface area (Å²) in [5, 5.41) is 3.08. The number of hydrogen-bond acceptors (Lipinski definition) is 5. The first-order chi connectivity index (χ1) is 12.1. The summed E-state index contributed by atoms with van der Waals surface area (Å²) in [7, 11) is 1.39. The van der Waals surface area contributed by atoms with Gasteiger partial charge in [-0.1, -0.05) is 0 Å². The van der Waals surface area contributed by atoms with Crippen molar-refractivity contribution in [3.8, 4) is 0 Å². The number of ether oxygens (including phenoxy) is 2. The lowest BCUT2D eigenvalue weighted by atomic mass is 9.79. The molecular weight excluding hydrogens is 326 g/mol. The van der Waals surface area contributed by atoms with Gasteiger partial charge < -0.3 is 19.8 Å². The minimum Gasteiger partial charge on any atom is -0.381 e. The van der Waals surface area contributed by atoms with Gasteiger partial charge in [0.25, 0.3) is 5.56 Å². The van der Waals surface area contributed by atoms with Crippen molar-refractivity contribution in [2.24, 2.45) is 18.9 Å². The molecule has 1 aromatic heterocycles. The molecule has 2 atom stereocenters. The van der Waals surface area contributed by atoms with E-state index < -0.39 is 11.2 Å². The van der Waals surface area contributed by atoms with Crippen molar-refractivity contribution in [3.63, 3.8) is 0 Å². The summed E-state index contributed by atoms with van der Waals surface area (Å²) in [6.45, 7) is 2.80. The molecule has 2 saturated heterocycles. The molecule has 2 fully saturated rings. The fourth-order valence-electron chi connectivity index (χ4n) is 3.72. The third kappa shape index (κ3) is 4.19. The first-order valence-corrected chi connectivity index (χ1v) is 8.78. The molecule has 0 aromatic carbocycles. The average Bonchev–Trinajstić information content (AvgIpc) is 2.63. The number of aromatic amines is 1. The fraction of sp³-hybridized carbons (Fsp3) is 0.706. The van der Waals surface area contributed by atoms with Crippen molar-refractivity contribution in [1.29, 1.82) is 0 Å². The molecule has 1 amide bonds. The van der Waals surface area contributed by atoms with Crippen LogP contribution in [0.3, 0.4) is 0 Å². The second-order valence-corrected chi connectivity index (χ2v) is 6.81. The Hall–Kier alpha value is -1.93. The normalized spacial score (nSPS) is 24.8. The number of amides is 1. The van der Waals surface area contributed by atoms with Crippen LogP contribution in [-0.2, 0) is 27.7 Å². The van der Waals surface area contributed by atoms with Crippen LogP contribution in [0.1, 0.15) is 24.8 Å². The molecule has 3 heterocycles. The summed E-state index contributed by atoms with van der Waals surface area (Å²) in [6, 6.07) is 0.0518. The zero-order valence-corrected chi connectivity index (χ0v) is 14.5. The van der Waals surface area contributed by atoms with Crippen LogP contribution in [-0.4, -0.2) is 47.9 Å². The van der Waals surface area contributed by atoms with E-state index in [0.717, 1.165) is 37.0 Å². The lowest BCUT2D eigenvalue weighted by molar-refractivity contribution is -0.123. The van der Waals surface area contributed by atoms with Crippen LogP contribution >= 0.6 is 0 Å². The standard InChI is InChI=1S/C17H25N3O5/c1-20-16(22)12(9-18-17(20)23)8-15(21)19-14-4-7-25-10-13(14)11-2-5-24-6-3-11/h9,11,13-14H,2-8,10H2,1H3,(H,18,23)(H,19,21)/t13-,14-/m1/s1. The van der Waals surface area contributed by atoms with E-state index in [1.165, 1.54) is 13.2 Å². The van der Waals surface area contributed by atoms with Crippen LogP contribution in [0.5, 0.6) is 0 Å². The van der Waals surface area contributed by atoms with Crippen LogP contribution in [0.2, 0.25) is 0 Å². The van der Waals surface area contributed by atoms with E-state index in [4.69, 9.17) is 9.47 Å². The van der Waals surface area contributed by atoms with E-state index in [9.17, 15) is 14.4 Å². The number of carbonyl (C=O) groups is 1. The molecule has 0 spiro atoms. The lowest BCUT2D eigenvalue weighted by Crippen LogP contribution is -2.49. The number of hydrogen-bond donors (Lipinski definition) is 2. The third-order valence-corrected chi connectivity index (χ3v) is 5.22. The summed E-state index contributed by atoms with van der Waals surface area (Å²) in [4.78, 5) is 38.4. The Labute approximate surface area is 145 Å². The maximum Gasteiger partial charge on any atom is 0.328 e. The summed E-state index contributed by atoms with van der Waals surface area (Å²) in [5.74, 6) is 0.563. The monoisotopic (exact) mass is 351 g/mol. The molecule has 2 aliphatic heterocycles. The second-order valence-electron chi connectivity index (χ2n) is 6.81. The Kier molecular flexibility index (Phi) is 5.70. The highest BCUT2D eigenvalue weighted by Crippen LogP contribution is 2.30. The van der Waals surface area contributed by atoms with Crippen molar-refractivity contribution in [3.05, 3.63) is 32.6 Å². The molecular formula is C17H25N3O5. The highest BCUT2D eigenvalue weighted by atomic mass is 16.5. The van der Waals surface area contributed by atoms with E-state index in [2.05, 4.69) is 10.3 Å². The number of rotatable bonds is 4. The summed E-state index contributed by atoms with van der Waals surface area (Å²) >= 11 is 0. The molecule has 2 aliphatic rings. The quantitative estimate of drug-likeness (QED) is 0.766. The largest absolute Gasteiger partial charge is 0.381 e. The van der Waals surface area contributed by atoms with E-state index in [1.54, 1.807) is 0 Å². The number of carbonyl (C=O) groups excluding carboxylic acids is 1. The van der Waals surface area contributed by atoms with Gasteiger partial charge in [0.05, 0.1) is 13.0 Å². The highest BCUT2D eigenvalue weighted by molar-refractivity contribution is 5.78. The fourth-order valence-corrected chi connectivity index (χ4v) is 3.72. The van der Waals surface area contributed by atoms with Crippen LogP contribution in [0, 0.1) is 11.8 Å². The Bertz CT molecular complexity index is 720. The molecule has 8 nitrogen and oxygen atoms in total. The summed E-state index contributed by atoms with van der Waals surface area (Å²) in [6.07, 6.45) is 4.03. The van der Waals surface area contributed by atoms with Gasteiger partial charge in [0.2, 0.25) is 5.91 Å². The minimum absolute atomic E-state index is 0.0404. The summed E-state index contributed by atoms with van der Waals surface area (Å²) in [5.41, 5.74) is -0.640. The molecule has 1 aromatic rings. The van der Waals surface area contributed by atoms with Gasteiger partial charge in [-0.05, 0) is 25.2 Å². The SMILES string of the molecule is Cn1c(=O)[nH]cc(CC(=O)N[C@@H]2CCOC[C@@H]2C2CCOCC2)c1=O. The lowest BCUT2D eigenvalue weighted by Gasteiger charge is -2.39. The maximum atomic E-state index is 12.4. The molecule has 0 aliphatic carbocycles. The smallest absolute Gasteiger partial charge is 0.328 e. The predicted molar refractivity (Wildman–Crippen MR) is 90.4 cm³/mol. The van der Waals surface area contributed by atoms with Crippen molar-refractivity contribution < 1.29 is 14.3 Å². The summed E-state index contributed by atoms with van der Waals surface area (Å²) < 4.78 is 12.0. The molecule has 3 rings (SSSR count). The first kappa shape index (κ1) is 17.9.